The van der Waals surface area contributed by atoms with Crippen LogP contribution >= 0.6 is 0 Å². The molecule has 7 heteroatoms. The fourth-order valence-corrected chi connectivity index (χ4v) is 0.733. The monoisotopic (exact) mass is 229 g/mol. The summed E-state index contributed by atoms with van der Waals surface area (Å²) in [6, 6.07) is 0. The van der Waals surface area contributed by atoms with Gasteiger partial charge in [-0.2, -0.15) is 0 Å². The maximum absolute atomic E-state index is 9.45. The normalized spacial score (nSPS) is 11.9. The molecule has 0 amide bonds. The number of likely N-dealkylation sites (N-methyl/N-ethyl adjacent to an activating group) is 1. The van der Waals surface area contributed by atoms with Crippen molar-refractivity contribution in [2.45, 2.75) is 6.92 Å². The molecule has 14 heavy (non-hydrogen) atoms. The first-order chi connectivity index (χ1) is 6.12. The molecule has 0 unspecified atom stereocenters. The average Bonchev–Trinajstić information content (AvgIpc) is 1.81. The molecule has 0 radical (unpaired) electrons. The second-order valence-corrected chi connectivity index (χ2v) is 4.60. The van der Waals surface area contributed by atoms with Gasteiger partial charge in [-0.3, -0.25) is 4.18 Å². The molecular weight excluding hydrogens is 210 g/mol. The van der Waals surface area contributed by atoms with Crippen LogP contribution in [0.5, 0.6) is 0 Å². The number of aliphatic hydroxyl groups excluding tert-OH is 1. The number of hydrogen-bond acceptors (Lipinski definition) is 5. The highest BCUT2D eigenvalue weighted by Gasteiger charge is 2.02. The molecule has 0 heterocycles. The minimum Gasteiger partial charge on any atom is -0.726 e. The second kappa shape index (κ2) is 7.13. The maximum atomic E-state index is 9.45. The molecule has 0 aromatic rings. The van der Waals surface area contributed by atoms with Crippen molar-refractivity contribution in [1.82, 2.24) is 0 Å². The number of aliphatic hydroxyl groups is 1. The van der Waals surface area contributed by atoms with Gasteiger partial charge in [0.25, 0.3) is 0 Å². The molecule has 0 aromatic carbocycles. The smallest absolute Gasteiger partial charge is 0.217 e. The fraction of sp³-hybridized carbons (Fsp3) is 1.00. The highest BCUT2D eigenvalue weighted by Crippen LogP contribution is 1.84. The van der Waals surface area contributed by atoms with Crippen LogP contribution in [-0.2, 0) is 14.6 Å². The minimum atomic E-state index is -4.42. The molecule has 0 rings (SSSR count). The van der Waals surface area contributed by atoms with Gasteiger partial charge >= 0.3 is 0 Å². The molecule has 0 aliphatic heterocycles. The molecule has 0 saturated heterocycles. The highest BCUT2D eigenvalue weighted by atomic mass is 32.3. The van der Waals surface area contributed by atoms with Crippen LogP contribution in [0.25, 0.3) is 0 Å². The van der Waals surface area contributed by atoms with Crippen molar-refractivity contribution >= 4 is 10.4 Å². The SMILES string of the molecule is CCOS(=O)(=O)[O-].C[N+](C)(C)CCO. The van der Waals surface area contributed by atoms with E-state index in [1.807, 2.05) is 0 Å². The van der Waals surface area contributed by atoms with Crippen molar-refractivity contribution in [2.75, 3.05) is 40.9 Å². The van der Waals surface area contributed by atoms with Crippen molar-refractivity contribution in [3.05, 3.63) is 0 Å². The fourth-order valence-electron chi connectivity index (χ4n) is 0.444. The lowest BCUT2D eigenvalue weighted by atomic mass is 10.5. The minimum absolute atomic E-state index is 0.0914. The van der Waals surface area contributed by atoms with E-state index in [1.54, 1.807) is 0 Å². The van der Waals surface area contributed by atoms with E-state index in [2.05, 4.69) is 25.3 Å². The summed E-state index contributed by atoms with van der Waals surface area (Å²) >= 11 is 0. The zero-order valence-corrected chi connectivity index (χ0v) is 9.87. The molecule has 0 aromatic heterocycles. The van der Waals surface area contributed by atoms with Crippen LogP contribution in [0.3, 0.4) is 0 Å². The number of nitrogens with zero attached hydrogens (tertiary/aromatic N) is 1. The van der Waals surface area contributed by atoms with Gasteiger partial charge in [0.05, 0.1) is 34.4 Å². The van der Waals surface area contributed by atoms with Crippen molar-refractivity contribution in [3.8, 4) is 0 Å². The van der Waals surface area contributed by atoms with E-state index >= 15 is 0 Å². The van der Waals surface area contributed by atoms with Gasteiger partial charge in [-0.05, 0) is 6.92 Å². The molecule has 0 spiro atoms. The zero-order valence-electron chi connectivity index (χ0n) is 9.06. The molecule has 0 saturated carbocycles. The lowest BCUT2D eigenvalue weighted by Gasteiger charge is -2.21. The predicted octanol–water partition coefficient (Wildman–Crippen LogP) is -0.832. The first-order valence-electron chi connectivity index (χ1n) is 4.14. The van der Waals surface area contributed by atoms with Crippen LogP contribution in [0.4, 0.5) is 0 Å². The first kappa shape index (κ1) is 16.2. The van der Waals surface area contributed by atoms with Gasteiger partial charge in [0.15, 0.2) is 0 Å². The molecule has 1 N–H and O–H groups in total. The van der Waals surface area contributed by atoms with Gasteiger partial charge in [0.2, 0.25) is 10.4 Å². The Balaban J connectivity index is 0. The molecule has 0 atom stereocenters. The molecule has 0 aliphatic rings. The van der Waals surface area contributed by atoms with Crippen molar-refractivity contribution in [1.29, 1.82) is 0 Å². The predicted molar refractivity (Wildman–Crippen MR) is 51.3 cm³/mol. The number of rotatable bonds is 4. The summed E-state index contributed by atoms with van der Waals surface area (Å²) in [6.45, 7) is 2.45. The largest absolute Gasteiger partial charge is 0.726 e. The first-order valence-corrected chi connectivity index (χ1v) is 5.47. The molecule has 6 nitrogen and oxygen atoms in total. The summed E-state index contributed by atoms with van der Waals surface area (Å²) in [5, 5.41) is 8.39. The van der Waals surface area contributed by atoms with Gasteiger partial charge in [-0.1, -0.05) is 0 Å². The van der Waals surface area contributed by atoms with Crippen LogP contribution in [0.1, 0.15) is 6.92 Å². The Bertz CT molecular complexity index is 219. The van der Waals surface area contributed by atoms with E-state index < -0.39 is 10.4 Å². The Morgan fingerprint density at radius 1 is 1.36 bits per heavy atom. The maximum Gasteiger partial charge on any atom is 0.217 e. The van der Waals surface area contributed by atoms with Gasteiger partial charge in [0, 0.05) is 0 Å². The summed E-state index contributed by atoms with van der Waals surface area (Å²) in [5.74, 6) is 0. The number of hydrogen-bond donors (Lipinski definition) is 1. The van der Waals surface area contributed by atoms with Gasteiger partial charge in [0.1, 0.15) is 6.54 Å². The Hall–Kier alpha value is -0.210. The van der Waals surface area contributed by atoms with Crippen molar-refractivity contribution in [3.63, 3.8) is 0 Å². The standard InChI is InChI=1S/C5H14NO.C2H6O4S/c1-6(2,3)4-5-7;1-2-6-7(3,4)5/h7H,4-5H2,1-3H3;2H2,1H3,(H,3,4,5)/q+1;/p-1. The Kier molecular flexibility index (Phi) is 8.27. The summed E-state index contributed by atoms with van der Waals surface area (Å²) in [6.07, 6.45) is 0. The summed E-state index contributed by atoms with van der Waals surface area (Å²) in [4.78, 5) is 0. The summed E-state index contributed by atoms with van der Waals surface area (Å²) < 4.78 is 32.8. The summed E-state index contributed by atoms with van der Waals surface area (Å²) in [5.41, 5.74) is 0. The van der Waals surface area contributed by atoms with Crippen molar-refractivity contribution in [2.24, 2.45) is 0 Å². The molecule has 0 fully saturated rings. The van der Waals surface area contributed by atoms with Gasteiger partial charge in [-0.15, -0.1) is 0 Å². The van der Waals surface area contributed by atoms with E-state index in [9.17, 15) is 13.0 Å². The summed E-state index contributed by atoms with van der Waals surface area (Å²) in [7, 11) is 1.73. The van der Waals surface area contributed by atoms with Crippen LogP contribution in [0, 0.1) is 0 Å². The van der Waals surface area contributed by atoms with Crippen LogP contribution in [-0.4, -0.2) is 63.5 Å². The molecular formula is C7H19NO5S. The van der Waals surface area contributed by atoms with E-state index in [4.69, 9.17) is 5.11 Å². The Morgan fingerprint density at radius 2 is 1.79 bits per heavy atom. The molecule has 0 bridgehead atoms. The van der Waals surface area contributed by atoms with Crippen molar-refractivity contribution < 1.29 is 26.7 Å². The zero-order chi connectivity index (χ0) is 11.8. The lowest BCUT2D eigenvalue weighted by molar-refractivity contribution is -0.870. The van der Waals surface area contributed by atoms with Gasteiger partial charge in [-0.25, -0.2) is 8.42 Å². The number of quaternary nitrogens is 1. The molecule has 0 aliphatic carbocycles. The molecule has 88 valence electrons. The third-order valence-corrected chi connectivity index (χ3v) is 1.56. The third kappa shape index (κ3) is 22.6. The Labute approximate surface area is 85.6 Å². The van der Waals surface area contributed by atoms with E-state index in [0.717, 1.165) is 11.0 Å². The van der Waals surface area contributed by atoms with E-state index in [0.29, 0.717) is 0 Å². The van der Waals surface area contributed by atoms with Crippen LogP contribution in [0.2, 0.25) is 0 Å². The van der Waals surface area contributed by atoms with E-state index in [-0.39, 0.29) is 13.2 Å². The quantitative estimate of drug-likeness (QED) is 0.386. The average molecular weight is 229 g/mol. The second-order valence-electron chi connectivity index (χ2n) is 3.55. The van der Waals surface area contributed by atoms with Crippen LogP contribution in [0.15, 0.2) is 0 Å². The van der Waals surface area contributed by atoms with E-state index in [1.165, 1.54) is 6.92 Å². The Morgan fingerprint density at radius 3 is 1.79 bits per heavy atom. The topological polar surface area (TPSA) is 86.7 Å². The highest BCUT2D eigenvalue weighted by molar-refractivity contribution is 7.80. The third-order valence-electron chi connectivity index (χ3n) is 1.03. The van der Waals surface area contributed by atoms with Gasteiger partial charge < -0.3 is 14.1 Å². The van der Waals surface area contributed by atoms with Crippen LogP contribution < -0.4 is 0 Å². The lowest BCUT2D eigenvalue weighted by Crippen LogP contribution is -2.36.